The maximum Gasteiger partial charge on any atom is 0.224 e. The number of methoxy groups -OCH3 is 2. The minimum Gasteiger partial charge on any atom is -0.497 e. The molecule has 0 aliphatic rings. The first-order valence-corrected chi connectivity index (χ1v) is 7.60. The van der Waals surface area contributed by atoms with Crippen LogP contribution in [0.25, 0.3) is 0 Å². The van der Waals surface area contributed by atoms with Crippen LogP contribution >= 0.6 is 0 Å². The van der Waals surface area contributed by atoms with Crippen LogP contribution < -0.4 is 14.8 Å². The van der Waals surface area contributed by atoms with Crippen LogP contribution in [0, 0.1) is 6.92 Å². The van der Waals surface area contributed by atoms with Gasteiger partial charge in [0.2, 0.25) is 5.91 Å². The zero-order valence-electron chi connectivity index (χ0n) is 14.1. The van der Waals surface area contributed by atoms with E-state index in [0.29, 0.717) is 6.42 Å². The number of rotatable bonds is 6. The van der Waals surface area contributed by atoms with Crippen molar-refractivity contribution in [2.24, 2.45) is 0 Å². The number of hydrogen-bond donors (Lipinski definition) is 1. The standard InChI is InChI=1S/C19H23NO3/c1-13-5-7-15(8-6-13)11-19(21)20-14(2)17-12-16(22-3)9-10-18(17)23-4/h5-10,12,14H,11H2,1-4H3,(H,20,21)/t14-/m0/s1. The predicted octanol–water partition coefficient (Wildman–Crippen LogP) is 3.43. The van der Waals surface area contributed by atoms with E-state index < -0.39 is 0 Å². The van der Waals surface area contributed by atoms with Crippen molar-refractivity contribution in [2.75, 3.05) is 14.2 Å². The van der Waals surface area contributed by atoms with Crippen LogP contribution in [0.3, 0.4) is 0 Å². The van der Waals surface area contributed by atoms with Crippen LogP contribution in [0.5, 0.6) is 11.5 Å². The Balaban J connectivity index is 2.07. The molecule has 1 amide bonds. The SMILES string of the molecule is COc1ccc(OC)c([C@H](C)NC(=O)Cc2ccc(C)cc2)c1. The molecule has 0 spiro atoms. The third kappa shape index (κ3) is 4.49. The van der Waals surface area contributed by atoms with E-state index in [0.717, 1.165) is 22.6 Å². The van der Waals surface area contributed by atoms with Crippen LogP contribution in [0.2, 0.25) is 0 Å². The number of nitrogens with one attached hydrogen (secondary N) is 1. The summed E-state index contributed by atoms with van der Waals surface area (Å²) in [7, 11) is 3.23. The van der Waals surface area contributed by atoms with Crippen LogP contribution in [0.1, 0.15) is 29.7 Å². The molecule has 2 aromatic rings. The zero-order valence-corrected chi connectivity index (χ0v) is 14.1. The first-order valence-electron chi connectivity index (χ1n) is 7.60. The fourth-order valence-corrected chi connectivity index (χ4v) is 2.44. The van der Waals surface area contributed by atoms with Gasteiger partial charge in [0.15, 0.2) is 0 Å². The van der Waals surface area contributed by atoms with Gasteiger partial charge in [-0.1, -0.05) is 29.8 Å². The van der Waals surface area contributed by atoms with E-state index in [4.69, 9.17) is 9.47 Å². The largest absolute Gasteiger partial charge is 0.497 e. The van der Waals surface area contributed by atoms with Crippen molar-refractivity contribution in [2.45, 2.75) is 26.3 Å². The van der Waals surface area contributed by atoms with Gasteiger partial charge in [0.25, 0.3) is 0 Å². The molecule has 0 fully saturated rings. The molecule has 0 radical (unpaired) electrons. The quantitative estimate of drug-likeness (QED) is 0.889. The predicted molar refractivity (Wildman–Crippen MR) is 91.0 cm³/mol. The fourth-order valence-electron chi connectivity index (χ4n) is 2.44. The molecule has 0 saturated carbocycles. The number of amides is 1. The van der Waals surface area contributed by atoms with Crippen LogP contribution in [0.15, 0.2) is 42.5 Å². The Labute approximate surface area is 137 Å². The number of carbonyl (C=O) groups is 1. The summed E-state index contributed by atoms with van der Waals surface area (Å²) in [5.41, 5.74) is 3.07. The molecule has 0 aliphatic carbocycles. The van der Waals surface area contributed by atoms with Gasteiger partial charge >= 0.3 is 0 Å². The Morgan fingerprint density at radius 1 is 1.09 bits per heavy atom. The summed E-state index contributed by atoms with van der Waals surface area (Å²) < 4.78 is 10.6. The van der Waals surface area contributed by atoms with Gasteiger partial charge in [0.1, 0.15) is 11.5 Å². The van der Waals surface area contributed by atoms with Crippen molar-refractivity contribution < 1.29 is 14.3 Å². The summed E-state index contributed by atoms with van der Waals surface area (Å²) >= 11 is 0. The second-order valence-electron chi connectivity index (χ2n) is 5.56. The Bertz CT molecular complexity index is 665. The molecule has 0 heterocycles. The minimum atomic E-state index is -0.169. The summed E-state index contributed by atoms with van der Waals surface area (Å²) in [5, 5.41) is 3.01. The van der Waals surface area contributed by atoms with Crippen molar-refractivity contribution in [3.8, 4) is 11.5 Å². The Morgan fingerprint density at radius 2 is 1.78 bits per heavy atom. The first kappa shape index (κ1) is 16.9. The molecule has 0 aliphatic heterocycles. The molecule has 0 unspecified atom stereocenters. The molecule has 0 bridgehead atoms. The molecule has 1 N–H and O–H groups in total. The highest BCUT2D eigenvalue weighted by Gasteiger charge is 2.15. The van der Waals surface area contributed by atoms with Gasteiger partial charge in [0, 0.05) is 5.56 Å². The number of ether oxygens (including phenoxy) is 2. The highest BCUT2D eigenvalue weighted by molar-refractivity contribution is 5.79. The second kappa shape index (κ2) is 7.68. The topological polar surface area (TPSA) is 47.6 Å². The molecule has 1 atom stereocenters. The molecule has 0 saturated heterocycles. The minimum absolute atomic E-state index is 0.0220. The first-order chi connectivity index (χ1) is 11.0. The number of hydrogen-bond acceptors (Lipinski definition) is 3. The van der Waals surface area contributed by atoms with E-state index >= 15 is 0 Å². The molecule has 0 aromatic heterocycles. The molecule has 122 valence electrons. The third-order valence-electron chi connectivity index (χ3n) is 3.77. The molecular formula is C19H23NO3. The van der Waals surface area contributed by atoms with Gasteiger partial charge in [-0.05, 0) is 37.6 Å². The normalized spacial score (nSPS) is 11.7. The zero-order chi connectivity index (χ0) is 16.8. The Morgan fingerprint density at radius 3 is 2.39 bits per heavy atom. The average Bonchev–Trinajstić information content (AvgIpc) is 2.56. The average molecular weight is 313 g/mol. The van der Waals surface area contributed by atoms with Crippen LogP contribution in [-0.4, -0.2) is 20.1 Å². The summed E-state index contributed by atoms with van der Waals surface area (Å²) in [4.78, 5) is 12.3. The van der Waals surface area contributed by atoms with E-state index in [1.165, 1.54) is 5.56 Å². The summed E-state index contributed by atoms with van der Waals surface area (Å²) in [6, 6.07) is 13.4. The van der Waals surface area contributed by atoms with Crippen LogP contribution in [0.4, 0.5) is 0 Å². The van der Waals surface area contributed by atoms with Crippen molar-refractivity contribution in [1.29, 1.82) is 0 Å². The van der Waals surface area contributed by atoms with E-state index in [2.05, 4.69) is 5.32 Å². The van der Waals surface area contributed by atoms with Gasteiger partial charge in [-0.15, -0.1) is 0 Å². The molecule has 4 heteroatoms. The van der Waals surface area contributed by atoms with E-state index in [9.17, 15) is 4.79 Å². The van der Waals surface area contributed by atoms with Gasteiger partial charge in [-0.2, -0.15) is 0 Å². The molecule has 2 rings (SSSR count). The van der Waals surface area contributed by atoms with Gasteiger partial charge in [-0.25, -0.2) is 0 Å². The van der Waals surface area contributed by atoms with E-state index in [-0.39, 0.29) is 11.9 Å². The summed E-state index contributed by atoms with van der Waals surface area (Å²) in [6.07, 6.45) is 0.358. The van der Waals surface area contributed by atoms with Crippen molar-refractivity contribution in [3.05, 3.63) is 59.2 Å². The Hall–Kier alpha value is -2.49. The summed E-state index contributed by atoms with van der Waals surface area (Å²) in [5.74, 6) is 1.44. The number of aryl methyl sites for hydroxylation is 1. The molecule has 4 nitrogen and oxygen atoms in total. The maximum absolute atomic E-state index is 12.3. The van der Waals surface area contributed by atoms with E-state index in [1.54, 1.807) is 14.2 Å². The summed E-state index contributed by atoms with van der Waals surface area (Å²) in [6.45, 7) is 3.96. The molecule has 2 aromatic carbocycles. The highest BCUT2D eigenvalue weighted by atomic mass is 16.5. The third-order valence-corrected chi connectivity index (χ3v) is 3.77. The lowest BCUT2D eigenvalue weighted by atomic mass is 10.1. The smallest absolute Gasteiger partial charge is 0.224 e. The monoisotopic (exact) mass is 313 g/mol. The maximum atomic E-state index is 12.3. The van der Waals surface area contributed by atoms with Crippen LogP contribution in [-0.2, 0) is 11.2 Å². The molecule has 23 heavy (non-hydrogen) atoms. The fraction of sp³-hybridized carbons (Fsp3) is 0.316. The lowest BCUT2D eigenvalue weighted by Crippen LogP contribution is -2.28. The van der Waals surface area contributed by atoms with Gasteiger partial charge < -0.3 is 14.8 Å². The Kier molecular flexibility index (Phi) is 5.63. The highest BCUT2D eigenvalue weighted by Crippen LogP contribution is 2.29. The van der Waals surface area contributed by atoms with Crippen molar-refractivity contribution >= 4 is 5.91 Å². The molecular weight excluding hydrogens is 290 g/mol. The van der Waals surface area contributed by atoms with Gasteiger partial charge in [-0.3, -0.25) is 4.79 Å². The lowest BCUT2D eigenvalue weighted by molar-refractivity contribution is -0.121. The number of benzene rings is 2. The van der Waals surface area contributed by atoms with E-state index in [1.807, 2.05) is 56.3 Å². The van der Waals surface area contributed by atoms with Crippen molar-refractivity contribution in [3.63, 3.8) is 0 Å². The van der Waals surface area contributed by atoms with Gasteiger partial charge in [0.05, 0.1) is 26.7 Å². The lowest BCUT2D eigenvalue weighted by Gasteiger charge is -2.18. The second-order valence-corrected chi connectivity index (χ2v) is 5.56. The number of carbonyl (C=O) groups excluding carboxylic acids is 1. The van der Waals surface area contributed by atoms with Crippen molar-refractivity contribution in [1.82, 2.24) is 5.32 Å².